The second-order valence-corrected chi connectivity index (χ2v) is 5.69. The van der Waals surface area contributed by atoms with E-state index in [1.54, 1.807) is 0 Å². The molecule has 0 spiro atoms. The highest BCUT2D eigenvalue weighted by atomic mass is 16.3. The van der Waals surface area contributed by atoms with Crippen molar-refractivity contribution in [2.24, 2.45) is 5.92 Å². The summed E-state index contributed by atoms with van der Waals surface area (Å²) in [4.78, 5) is 4.47. The van der Waals surface area contributed by atoms with Crippen molar-refractivity contribution in [3.8, 4) is 0 Å². The molecule has 5 heteroatoms. The van der Waals surface area contributed by atoms with Gasteiger partial charge in [0.05, 0.1) is 5.69 Å². The van der Waals surface area contributed by atoms with Crippen LogP contribution < -0.4 is 5.32 Å². The lowest BCUT2D eigenvalue weighted by Crippen LogP contribution is -2.36. The zero-order valence-corrected chi connectivity index (χ0v) is 12.9. The summed E-state index contributed by atoms with van der Waals surface area (Å²) in [6.45, 7) is 10.5. The van der Waals surface area contributed by atoms with E-state index in [9.17, 15) is 5.11 Å². The third kappa shape index (κ3) is 2.83. The van der Waals surface area contributed by atoms with Crippen molar-refractivity contribution >= 4 is 5.65 Å². The molecule has 110 valence electrons. The molecule has 2 aromatic heterocycles. The van der Waals surface area contributed by atoms with Gasteiger partial charge in [-0.05, 0) is 33.6 Å². The molecule has 0 bridgehead atoms. The van der Waals surface area contributed by atoms with Crippen LogP contribution in [0, 0.1) is 19.8 Å². The van der Waals surface area contributed by atoms with Gasteiger partial charge in [0.25, 0.3) is 0 Å². The Hall–Kier alpha value is -1.46. The van der Waals surface area contributed by atoms with Crippen molar-refractivity contribution in [3.63, 3.8) is 0 Å². The molecule has 2 N–H and O–H groups in total. The summed E-state index contributed by atoms with van der Waals surface area (Å²) in [6, 6.07) is 2.38. The Balaban J connectivity index is 2.26. The minimum Gasteiger partial charge on any atom is -0.396 e. The first-order valence-electron chi connectivity index (χ1n) is 7.12. The number of rotatable bonds is 5. The Kier molecular flexibility index (Phi) is 4.40. The SMILES string of the molecule is Cc1cc2ncc(C(C)NC(C)C(C)CO)c(C)n2n1. The van der Waals surface area contributed by atoms with Gasteiger partial charge < -0.3 is 10.4 Å². The van der Waals surface area contributed by atoms with Crippen LogP contribution in [-0.4, -0.2) is 32.4 Å². The molecular weight excluding hydrogens is 252 g/mol. The largest absolute Gasteiger partial charge is 0.396 e. The van der Waals surface area contributed by atoms with Gasteiger partial charge in [0, 0.05) is 42.2 Å². The molecule has 0 aliphatic heterocycles. The molecular formula is C15H24N4O. The molecule has 5 nitrogen and oxygen atoms in total. The fraction of sp³-hybridized carbons (Fsp3) is 0.600. The maximum Gasteiger partial charge on any atom is 0.155 e. The average Bonchev–Trinajstić information content (AvgIpc) is 2.79. The van der Waals surface area contributed by atoms with Gasteiger partial charge >= 0.3 is 0 Å². The van der Waals surface area contributed by atoms with E-state index in [0.29, 0.717) is 0 Å². The minimum absolute atomic E-state index is 0.167. The van der Waals surface area contributed by atoms with Gasteiger partial charge in [-0.1, -0.05) is 6.92 Å². The van der Waals surface area contributed by atoms with Crippen LogP contribution in [0.2, 0.25) is 0 Å². The van der Waals surface area contributed by atoms with E-state index in [2.05, 4.69) is 36.2 Å². The number of aliphatic hydroxyl groups is 1. The van der Waals surface area contributed by atoms with Crippen molar-refractivity contribution in [3.05, 3.63) is 29.2 Å². The van der Waals surface area contributed by atoms with Crippen LogP contribution in [0.15, 0.2) is 12.3 Å². The predicted molar refractivity (Wildman–Crippen MR) is 79.7 cm³/mol. The van der Waals surface area contributed by atoms with Gasteiger partial charge in [-0.2, -0.15) is 5.10 Å². The highest BCUT2D eigenvalue weighted by Crippen LogP contribution is 2.19. The van der Waals surface area contributed by atoms with Crippen molar-refractivity contribution in [2.45, 2.75) is 46.7 Å². The van der Waals surface area contributed by atoms with Crippen LogP contribution >= 0.6 is 0 Å². The molecule has 0 fully saturated rings. The van der Waals surface area contributed by atoms with Crippen LogP contribution in [0.1, 0.15) is 43.8 Å². The molecule has 2 rings (SSSR count). The van der Waals surface area contributed by atoms with Crippen LogP contribution in [0.3, 0.4) is 0 Å². The molecule has 0 saturated carbocycles. The standard InChI is InChI=1S/C15H24N4O/c1-9(8-20)11(3)17-12(4)14-7-16-15-6-10(2)18-19(15)13(14)5/h6-7,9,11-12,17,20H,8H2,1-5H3. The summed E-state index contributed by atoms with van der Waals surface area (Å²) in [5, 5.41) is 17.2. The van der Waals surface area contributed by atoms with Gasteiger partial charge in [-0.15, -0.1) is 0 Å². The van der Waals surface area contributed by atoms with E-state index >= 15 is 0 Å². The molecule has 3 atom stereocenters. The number of nitrogens with zero attached hydrogens (tertiary/aromatic N) is 3. The topological polar surface area (TPSA) is 62.5 Å². The Morgan fingerprint density at radius 3 is 2.65 bits per heavy atom. The Bertz CT molecular complexity index is 593. The Labute approximate surface area is 120 Å². The van der Waals surface area contributed by atoms with Crippen molar-refractivity contribution in [1.82, 2.24) is 19.9 Å². The maximum absolute atomic E-state index is 9.22. The molecule has 0 amide bonds. The number of aromatic nitrogens is 3. The summed E-state index contributed by atoms with van der Waals surface area (Å²) in [5.41, 5.74) is 4.10. The van der Waals surface area contributed by atoms with Crippen LogP contribution in [0.4, 0.5) is 0 Å². The summed E-state index contributed by atoms with van der Waals surface area (Å²) >= 11 is 0. The molecule has 0 aromatic carbocycles. The van der Waals surface area contributed by atoms with Gasteiger partial charge in [-0.25, -0.2) is 9.50 Å². The molecule has 0 radical (unpaired) electrons. The second-order valence-electron chi connectivity index (χ2n) is 5.69. The predicted octanol–water partition coefficient (Wildman–Crippen LogP) is 2.01. The van der Waals surface area contributed by atoms with E-state index in [-0.39, 0.29) is 24.6 Å². The molecule has 0 saturated heterocycles. The smallest absolute Gasteiger partial charge is 0.155 e. The van der Waals surface area contributed by atoms with E-state index in [1.807, 2.05) is 30.6 Å². The first kappa shape index (κ1) is 14.9. The monoisotopic (exact) mass is 276 g/mol. The highest BCUT2D eigenvalue weighted by molar-refractivity contribution is 5.42. The zero-order chi connectivity index (χ0) is 14.9. The summed E-state index contributed by atoms with van der Waals surface area (Å²) in [7, 11) is 0. The molecule has 0 aliphatic rings. The fourth-order valence-corrected chi connectivity index (χ4v) is 2.41. The maximum atomic E-state index is 9.22. The van der Waals surface area contributed by atoms with Crippen molar-refractivity contribution < 1.29 is 5.11 Å². The average molecular weight is 276 g/mol. The summed E-state index contributed by atoms with van der Waals surface area (Å²) < 4.78 is 1.89. The Morgan fingerprint density at radius 2 is 2.00 bits per heavy atom. The van der Waals surface area contributed by atoms with Crippen LogP contribution in [-0.2, 0) is 0 Å². The lowest BCUT2D eigenvalue weighted by atomic mass is 10.0. The highest BCUT2D eigenvalue weighted by Gasteiger charge is 2.17. The quantitative estimate of drug-likeness (QED) is 0.877. The summed E-state index contributed by atoms with van der Waals surface area (Å²) in [6.07, 6.45) is 1.92. The Morgan fingerprint density at radius 1 is 1.30 bits per heavy atom. The lowest BCUT2D eigenvalue weighted by Gasteiger charge is -2.25. The van der Waals surface area contributed by atoms with E-state index in [0.717, 1.165) is 22.6 Å². The normalized spacial score (nSPS) is 16.3. The third-order valence-corrected chi connectivity index (χ3v) is 4.01. The van der Waals surface area contributed by atoms with E-state index in [4.69, 9.17) is 0 Å². The van der Waals surface area contributed by atoms with Crippen molar-refractivity contribution in [2.75, 3.05) is 6.61 Å². The van der Waals surface area contributed by atoms with Gasteiger partial charge in [0.1, 0.15) is 0 Å². The number of hydrogen-bond acceptors (Lipinski definition) is 4. The van der Waals surface area contributed by atoms with E-state index in [1.165, 1.54) is 0 Å². The van der Waals surface area contributed by atoms with Gasteiger partial charge in [0.15, 0.2) is 5.65 Å². The molecule has 20 heavy (non-hydrogen) atoms. The third-order valence-electron chi connectivity index (χ3n) is 4.01. The van der Waals surface area contributed by atoms with Crippen molar-refractivity contribution in [1.29, 1.82) is 0 Å². The summed E-state index contributed by atoms with van der Waals surface area (Å²) in [5.74, 6) is 0.224. The first-order chi connectivity index (χ1) is 9.43. The van der Waals surface area contributed by atoms with Gasteiger partial charge in [0.2, 0.25) is 0 Å². The van der Waals surface area contributed by atoms with Gasteiger partial charge in [-0.3, -0.25) is 0 Å². The fourth-order valence-electron chi connectivity index (χ4n) is 2.41. The number of nitrogens with one attached hydrogen (secondary N) is 1. The lowest BCUT2D eigenvalue weighted by molar-refractivity contribution is 0.202. The minimum atomic E-state index is 0.167. The number of aliphatic hydroxyl groups excluding tert-OH is 1. The number of fused-ring (bicyclic) bond motifs is 1. The zero-order valence-electron chi connectivity index (χ0n) is 12.9. The molecule has 0 aliphatic carbocycles. The molecule has 2 heterocycles. The number of aryl methyl sites for hydroxylation is 2. The molecule has 3 unspecified atom stereocenters. The van der Waals surface area contributed by atoms with Crippen LogP contribution in [0.25, 0.3) is 5.65 Å². The van der Waals surface area contributed by atoms with E-state index < -0.39 is 0 Å². The molecule has 2 aromatic rings. The second kappa shape index (κ2) is 5.89. The first-order valence-corrected chi connectivity index (χ1v) is 7.12. The van der Waals surface area contributed by atoms with Crippen LogP contribution in [0.5, 0.6) is 0 Å². The number of hydrogen-bond donors (Lipinski definition) is 2.